The lowest BCUT2D eigenvalue weighted by Gasteiger charge is -2.36. The van der Waals surface area contributed by atoms with Crippen molar-refractivity contribution in [2.45, 2.75) is 26.4 Å². The number of aromatic amines is 1. The molecule has 25 heavy (non-hydrogen) atoms. The third kappa shape index (κ3) is 3.78. The quantitative estimate of drug-likeness (QED) is 0.902. The molecule has 1 aliphatic rings. The van der Waals surface area contributed by atoms with E-state index in [0.29, 0.717) is 48.9 Å². The number of benzene rings is 1. The molecule has 0 saturated carbocycles. The maximum absolute atomic E-state index is 14.5. The van der Waals surface area contributed by atoms with Gasteiger partial charge in [0.2, 0.25) is 0 Å². The number of fused-ring (bicyclic) bond motifs is 1. The first-order valence-corrected chi connectivity index (χ1v) is 8.23. The number of carbonyl (C=O) groups excluding carboxylic acids is 1. The summed E-state index contributed by atoms with van der Waals surface area (Å²) in [7, 11) is 1.50. The van der Waals surface area contributed by atoms with Gasteiger partial charge < -0.3 is 24.3 Å². The summed E-state index contributed by atoms with van der Waals surface area (Å²) in [5, 5.41) is 0. The molecule has 136 valence electrons. The van der Waals surface area contributed by atoms with Crippen LogP contribution >= 0.6 is 0 Å². The van der Waals surface area contributed by atoms with Crippen molar-refractivity contribution < 1.29 is 18.7 Å². The van der Waals surface area contributed by atoms with Gasteiger partial charge in [-0.05, 0) is 26.8 Å². The van der Waals surface area contributed by atoms with E-state index in [1.807, 2.05) is 25.7 Å². The summed E-state index contributed by atoms with van der Waals surface area (Å²) in [5.41, 5.74) is 1.18. The Kier molecular flexibility index (Phi) is 4.45. The fourth-order valence-corrected chi connectivity index (χ4v) is 2.79. The maximum atomic E-state index is 14.5. The van der Waals surface area contributed by atoms with Crippen molar-refractivity contribution in [2.75, 3.05) is 38.2 Å². The van der Waals surface area contributed by atoms with Crippen LogP contribution in [0, 0.1) is 5.82 Å². The number of amides is 1. The lowest BCUT2D eigenvalue weighted by Crippen LogP contribution is -2.50. The average Bonchev–Trinajstić information content (AvgIpc) is 2.94. The number of ether oxygens (including phenoxy) is 2. The van der Waals surface area contributed by atoms with Crippen molar-refractivity contribution in [2.24, 2.45) is 0 Å². The Morgan fingerprint density at radius 2 is 1.92 bits per heavy atom. The molecule has 2 heterocycles. The van der Waals surface area contributed by atoms with Crippen molar-refractivity contribution in [3.8, 4) is 6.01 Å². The standard InChI is InChI=1S/C17H23FN4O3/c1-17(2,3)25-16(23)22-7-5-21(6-8-22)14-10-13-12(9-11(14)18)19-15(20-13)24-4/h9-10H,5-8H2,1-4H3,(H,19,20). The number of aromatic nitrogens is 2. The van der Waals surface area contributed by atoms with Gasteiger partial charge in [-0.3, -0.25) is 0 Å². The Labute approximate surface area is 145 Å². The van der Waals surface area contributed by atoms with E-state index in [1.54, 1.807) is 11.0 Å². The Morgan fingerprint density at radius 1 is 1.24 bits per heavy atom. The molecule has 1 aromatic carbocycles. The molecule has 1 saturated heterocycles. The molecule has 0 atom stereocenters. The van der Waals surface area contributed by atoms with E-state index in [-0.39, 0.29) is 11.9 Å². The Balaban J connectivity index is 1.71. The number of nitrogens with one attached hydrogen (secondary N) is 1. The van der Waals surface area contributed by atoms with Gasteiger partial charge in [-0.25, -0.2) is 9.18 Å². The Bertz CT molecular complexity index is 776. The molecule has 1 fully saturated rings. The predicted octanol–water partition coefficient (Wildman–Crippen LogP) is 2.77. The smallest absolute Gasteiger partial charge is 0.410 e. The molecule has 0 bridgehead atoms. The molecular weight excluding hydrogens is 327 g/mol. The van der Waals surface area contributed by atoms with Crippen molar-refractivity contribution in [3.63, 3.8) is 0 Å². The minimum Gasteiger partial charge on any atom is -0.468 e. The van der Waals surface area contributed by atoms with Crippen LogP contribution in [0.15, 0.2) is 12.1 Å². The van der Waals surface area contributed by atoms with E-state index in [0.717, 1.165) is 0 Å². The molecule has 0 aliphatic carbocycles. The number of rotatable bonds is 2. The lowest BCUT2D eigenvalue weighted by molar-refractivity contribution is 0.0240. The Morgan fingerprint density at radius 3 is 2.52 bits per heavy atom. The fourth-order valence-electron chi connectivity index (χ4n) is 2.79. The van der Waals surface area contributed by atoms with Gasteiger partial charge >= 0.3 is 6.09 Å². The van der Waals surface area contributed by atoms with Gasteiger partial charge in [-0.2, -0.15) is 4.98 Å². The van der Waals surface area contributed by atoms with E-state index in [2.05, 4.69) is 9.97 Å². The van der Waals surface area contributed by atoms with Crippen LogP contribution in [0.3, 0.4) is 0 Å². The molecular formula is C17H23FN4O3. The fraction of sp³-hybridized carbons (Fsp3) is 0.529. The Hall–Kier alpha value is -2.51. The zero-order chi connectivity index (χ0) is 18.2. The van der Waals surface area contributed by atoms with E-state index in [4.69, 9.17) is 9.47 Å². The van der Waals surface area contributed by atoms with Gasteiger partial charge in [0.05, 0.1) is 23.8 Å². The highest BCUT2D eigenvalue weighted by atomic mass is 19.1. The lowest BCUT2D eigenvalue weighted by atomic mass is 10.2. The summed E-state index contributed by atoms with van der Waals surface area (Å²) in [6.07, 6.45) is -0.333. The molecule has 0 radical (unpaired) electrons. The summed E-state index contributed by atoms with van der Waals surface area (Å²) < 4.78 is 24.9. The van der Waals surface area contributed by atoms with Gasteiger partial charge in [-0.1, -0.05) is 0 Å². The summed E-state index contributed by atoms with van der Waals surface area (Å²) in [6.45, 7) is 7.54. The number of methoxy groups -OCH3 is 1. The molecule has 1 amide bonds. The van der Waals surface area contributed by atoms with Gasteiger partial charge in [-0.15, -0.1) is 0 Å². The second-order valence-corrected chi connectivity index (χ2v) is 7.02. The summed E-state index contributed by atoms with van der Waals surface area (Å²) >= 11 is 0. The summed E-state index contributed by atoms with van der Waals surface area (Å²) in [6, 6.07) is 3.47. The second-order valence-electron chi connectivity index (χ2n) is 7.02. The number of piperazine rings is 1. The third-order valence-electron chi connectivity index (χ3n) is 3.99. The highest BCUT2D eigenvalue weighted by Gasteiger charge is 2.27. The second kappa shape index (κ2) is 6.42. The molecule has 3 rings (SSSR count). The van der Waals surface area contributed by atoms with Crippen LogP contribution in [-0.4, -0.2) is 59.9 Å². The largest absolute Gasteiger partial charge is 0.468 e. The number of halogens is 1. The first kappa shape index (κ1) is 17.3. The highest BCUT2D eigenvalue weighted by molar-refractivity contribution is 5.80. The topological polar surface area (TPSA) is 70.7 Å². The number of imidazole rings is 1. The number of H-pyrrole nitrogens is 1. The van der Waals surface area contributed by atoms with E-state index < -0.39 is 5.60 Å². The van der Waals surface area contributed by atoms with Crippen molar-refractivity contribution in [1.82, 2.24) is 14.9 Å². The van der Waals surface area contributed by atoms with Crippen molar-refractivity contribution >= 4 is 22.8 Å². The van der Waals surface area contributed by atoms with E-state index in [1.165, 1.54) is 13.2 Å². The number of anilines is 1. The summed E-state index contributed by atoms with van der Waals surface area (Å²) in [4.78, 5) is 22.8. The molecule has 1 aliphatic heterocycles. The van der Waals surface area contributed by atoms with Gasteiger partial charge in [0.1, 0.15) is 11.4 Å². The first-order chi connectivity index (χ1) is 11.8. The number of nitrogens with zero attached hydrogens (tertiary/aromatic N) is 3. The molecule has 8 heteroatoms. The van der Waals surface area contributed by atoms with Crippen LogP contribution in [0.25, 0.3) is 11.0 Å². The van der Waals surface area contributed by atoms with Crippen LogP contribution in [0.4, 0.5) is 14.9 Å². The van der Waals surface area contributed by atoms with E-state index in [9.17, 15) is 9.18 Å². The molecule has 0 spiro atoms. The van der Waals surface area contributed by atoms with Gasteiger partial charge in [0, 0.05) is 32.2 Å². The molecule has 1 aromatic heterocycles. The number of hydrogen-bond acceptors (Lipinski definition) is 5. The normalized spacial score (nSPS) is 15.6. The van der Waals surface area contributed by atoms with Crippen LogP contribution in [0.2, 0.25) is 0 Å². The van der Waals surface area contributed by atoms with E-state index >= 15 is 0 Å². The van der Waals surface area contributed by atoms with Crippen molar-refractivity contribution in [1.29, 1.82) is 0 Å². The first-order valence-electron chi connectivity index (χ1n) is 8.23. The van der Waals surface area contributed by atoms with Crippen molar-refractivity contribution in [3.05, 3.63) is 17.9 Å². The average molecular weight is 350 g/mol. The SMILES string of the molecule is COc1nc2cc(N3CCN(C(=O)OC(C)(C)C)CC3)c(F)cc2[nH]1. The molecule has 0 unspecified atom stereocenters. The minimum atomic E-state index is -0.523. The predicted molar refractivity (Wildman–Crippen MR) is 92.6 cm³/mol. The monoisotopic (exact) mass is 350 g/mol. The number of hydrogen-bond donors (Lipinski definition) is 1. The molecule has 1 N–H and O–H groups in total. The van der Waals surface area contributed by atoms with Crippen LogP contribution in [-0.2, 0) is 4.74 Å². The van der Waals surface area contributed by atoms with Crippen LogP contribution in [0.5, 0.6) is 6.01 Å². The third-order valence-corrected chi connectivity index (χ3v) is 3.99. The zero-order valence-electron chi connectivity index (χ0n) is 14.9. The molecule has 2 aromatic rings. The molecule has 7 nitrogen and oxygen atoms in total. The van der Waals surface area contributed by atoms with Gasteiger partial charge in [0.15, 0.2) is 0 Å². The zero-order valence-corrected chi connectivity index (χ0v) is 14.9. The minimum absolute atomic E-state index is 0.329. The van der Waals surface area contributed by atoms with Crippen LogP contribution < -0.4 is 9.64 Å². The van der Waals surface area contributed by atoms with Crippen LogP contribution in [0.1, 0.15) is 20.8 Å². The summed E-state index contributed by atoms with van der Waals surface area (Å²) in [5.74, 6) is -0.329. The maximum Gasteiger partial charge on any atom is 0.410 e. The number of carbonyl (C=O) groups is 1. The van der Waals surface area contributed by atoms with Gasteiger partial charge in [0.25, 0.3) is 6.01 Å². The highest BCUT2D eigenvalue weighted by Crippen LogP contribution is 2.27.